The van der Waals surface area contributed by atoms with Gasteiger partial charge in [0, 0.05) is 24.1 Å². The zero-order valence-corrected chi connectivity index (χ0v) is 18.1. The summed E-state index contributed by atoms with van der Waals surface area (Å²) in [6, 6.07) is 7.97. The lowest BCUT2D eigenvalue weighted by atomic mass is 10.2. The number of alkyl halides is 5. The fourth-order valence-corrected chi connectivity index (χ4v) is 2.92. The third-order valence-corrected chi connectivity index (χ3v) is 4.40. The number of hydrogen-bond donors (Lipinski definition) is 2. The third-order valence-electron chi connectivity index (χ3n) is 4.11. The van der Waals surface area contributed by atoms with Crippen LogP contribution in [0.1, 0.15) is 16.1 Å². The normalized spacial score (nSPS) is 11.3. The smallest absolute Gasteiger partial charge is 0.435 e. The van der Waals surface area contributed by atoms with Crippen LogP contribution >= 0.6 is 11.6 Å². The molecule has 15 heteroatoms. The van der Waals surface area contributed by atoms with Crippen molar-refractivity contribution in [2.45, 2.75) is 12.8 Å². The van der Waals surface area contributed by atoms with Gasteiger partial charge in [-0.1, -0.05) is 17.7 Å². The fraction of sp³-hybridized carbons (Fsp3) is 0.200. The van der Waals surface area contributed by atoms with Gasteiger partial charge < -0.3 is 14.8 Å². The maximum Gasteiger partial charge on any atom is 0.435 e. The molecule has 0 aliphatic carbocycles. The Labute approximate surface area is 198 Å². The van der Waals surface area contributed by atoms with Crippen LogP contribution in [0, 0.1) is 0 Å². The van der Waals surface area contributed by atoms with Gasteiger partial charge in [0.05, 0.1) is 17.1 Å². The maximum absolute atomic E-state index is 13.4. The largest absolute Gasteiger partial charge is 0.447 e. The van der Waals surface area contributed by atoms with Gasteiger partial charge in [-0.3, -0.25) is 10.1 Å². The zero-order valence-electron chi connectivity index (χ0n) is 17.4. The van der Waals surface area contributed by atoms with Crippen LogP contribution in [0.2, 0.25) is 5.02 Å². The average molecular weight is 520 g/mol. The number of aromatic nitrogens is 3. The number of nitrogens with zero attached hydrogens (tertiary/aromatic N) is 3. The average Bonchev–Trinajstić information content (AvgIpc) is 3.23. The molecule has 35 heavy (non-hydrogen) atoms. The van der Waals surface area contributed by atoms with E-state index in [-0.39, 0.29) is 28.8 Å². The molecule has 9 nitrogen and oxygen atoms in total. The summed E-state index contributed by atoms with van der Waals surface area (Å²) in [4.78, 5) is 28.0. The summed E-state index contributed by atoms with van der Waals surface area (Å²) < 4.78 is 74.5. The molecule has 186 valence electrons. The second-order valence-electron chi connectivity index (χ2n) is 6.57. The van der Waals surface area contributed by atoms with Gasteiger partial charge in [-0.05, 0) is 24.3 Å². The molecule has 3 aromatic rings. The third kappa shape index (κ3) is 7.02. The zero-order chi connectivity index (χ0) is 25.6. The molecule has 2 amide bonds. The lowest BCUT2D eigenvalue weighted by Crippen LogP contribution is -2.30. The van der Waals surface area contributed by atoms with Crippen molar-refractivity contribution in [2.75, 3.05) is 18.5 Å². The number of nitrogens with one attached hydrogen (secondary N) is 2. The summed E-state index contributed by atoms with van der Waals surface area (Å²) in [5.41, 5.74) is -2.16. The van der Waals surface area contributed by atoms with E-state index in [9.17, 15) is 31.5 Å². The monoisotopic (exact) mass is 519 g/mol. The number of ether oxygens (including phenoxy) is 2. The van der Waals surface area contributed by atoms with Crippen molar-refractivity contribution < 1.29 is 41.0 Å². The van der Waals surface area contributed by atoms with Crippen molar-refractivity contribution in [1.82, 2.24) is 20.1 Å². The van der Waals surface area contributed by atoms with E-state index in [2.05, 4.69) is 25.5 Å². The van der Waals surface area contributed by atoms with Gasteiger partial charge in [-0.2, -0.15) is 27.1 Å². The lowest BCUT2D eigenvalue weighted by Gasteiger charge is -2.10. The van der Waals surface area contributed by atoms with Gasteiger partial charge in [0.15, 0.2) is 11.5 Å². The van der Waals surface area contributed by atoms with Crippen LogP contribution in [0.25, 0.3) is 5.82 Å². The Bertz CT molecular complexity index is 1200. The molecule has 1 aromatic carbocycles. The number of halogens is 6. The Kier molecular flexibility index (Phi) is 8.06. The first kappa shape index (κ1) is 25.7. The molecule has 0 atom stereocenters. The number of rotatable bonds is 8. The van der Waals surface area contributed by atoms with Gasteiger partial charge in [0.2, 0.25) is 0 Å². The minimum absolute atomic E-state index is 0.0152. The Morgan fingerprint density at radius 3 is 2.63 bits per heavy atom. The summed E-state index contributed by atoms with van der Waals surface area (Å²) >= 11 is 5.94. The number of pyridine rings is 1. The molecular weight excluding hydrogens is 505 g/mol. The van der Waals surface area contributed by atoms with Crippen LogP contribution in [0.4, 0.5) is 32.4 Å². The SMILES string of the molecule is O=C(Nc1cccc(OC(F)F)c1)OCCNC(=O)c1cn(-c2ncccc2Cl)nc1C(F)(F)F. The van der Waals surface area contributed by atoms with Crippen molar-refractivity contribution >= 4 is 29.3 Å². The van der Waals surface area contributed by atoms with E-state index in [1.54, 1.807) is 0 Å². The molecule has 2 N–H and O–H groups in total. The van der Waals surface area contributed by atoms with Crippen molar-refractivity contribution in [3.8, 4) is 11.6 Å². The molecule has 0 saturated heterocycles. The van der Waals surface area contributed by atoms with Gasteiger partial charge in [0.1, 0.15) is 12.4 Å². The number of hydrogen-bond acceptors (Lipinski definition) is 6. The summed E-state index contributed by atoms with van der Waals surface area (Å²) in [5, 5.41) is 7.85. The van der Waals surface area contributed by atoms with Crippen molar-refractivity contribution in [2.24, 2.45) is 0 Å². The van der Waals surface area contributed by atoms with E-state index >= 15 is 0 Å². The summed E-state index contributed by atoms with van der Waals surface area (Å²) in [5.74, 6) is -1.43. The van der Waals surface area contributed by atoms with E-state index in [0.717, 1.165) is 16.9 Å². The molecule has 2 aromatic heterocycles. The van der Waals surface area contributed by atoms with Gasteiger partial charge in [-0.15, -0.1) is 0 Å². The molecular formula is C20H15ClF5N5O4. The summed E-state index contributed by atoms with van der Waals surface area (Å²) in [6.07, 6.45) is -3.82. The quantitative estimate of drug-likeness (QED) is 0.335. The highest BCUT2D eigenvalue weighted by molar-refractivity contribution is 6.32. The van der Waals surface area contributed by atoms with Crippen molar-refractivity contribution in [3.63, 3.8) is 0 Å². The van der Waals surface area contributed by atoms with Crippen LogP contribution in [-0.2, 0) is 10.9 Å². The highest BCUT2D eigenvalue weighted by Crippen LogP contribution is 2.32. The van der Waals surface area contributed by atoms with E-state index in [1.807, 2.05) is 0 Å². The second kappa shape index (κ2) is 11.0. The molecule has 0 spiro atoms. The predicted octanol–water partition coefficient (Wildman–Crippen LogP) is 4.52. The van der Waals surface area contributed by atoms with E-state index in [1.165, 1.54) is 36.5 Å². The maximum atomic E-state index is 13.4. The molecule has 0 aliphatic rings. The molecule has 2 heterocycles. The minimum Gasteiger partial charge on any atom is -0.447 e. The molecule has 0 radical (unpaired) electrons. The van der Waals surface area contributed by atoms with Gasteiger partial charge in [-0.25, -0.2) is 14.5 Å². The Hall–Kier alpha value is -3.94. The van der Waals surface area contributed by atoms with E-state index < -0.39 is 42.7 Å². The summed E-state index contributed by atoms with van der Waals surface area (Å²) in [7, 11) is 0. The Morgan fingerprint density at radius 1 is 1.17 bits per heavy atom. The van der Waals surface area contributed by atoms with Crippen LogP contribution in [0.3, 0.4) is 0 Å². The highest BCUT2D eigenvalue weighted by atomic mass is 35.5. The first-order chi connectivity index (χ1) is 16.5. The number of benzene rings is 1. The first-order valence-electron chi connectivity index (χ1n) is 9.59. The van der Waals surface area contributed by atoms with Crippen molar-refractivity contribution in [3.05, 3.63) is 65.1 Å². The van der Waals surface area contributed by atoms with E-state index in [4.69, 9.17) is 16.3 Å². The number of carbonyl (C=O) groups excluding carboxylic acids is 2. The predicted molar refractivity (Wildman–Crippen MR) is 112 cm³/mol. The highest BCUT2D eigenvalue weighted by Gasteiger charge is 2.39. The second-order valence-corrected chi connectivity index (χ2v) is 6.97. The van der Waals surface area contributed by atoms with Crippen LogP contribution in [-0.4, -0.2) is 46.5 Å². The molecule has 0 saturated carbocycles. The molecule has 0 aliphatic heterocycles. The first-order valence-corrected chi connectivity index (χ1v) is 9.97. The topological polar surface area (TPSA) is 107 Å². The number of anilines is 1. The lowest BCUT2D eigenvalue weighted by molar-refractivity contribution is -0.141. The minimum atomic E-state index is -4.95. The fourth-order valence-electron chi connectivity index (χ4n) is 2.71. The van der Waals surface area contributed by atoms with Crippen LogP contribution in [0.15, 0.2) is 48.8 Å². The summed E-state index contributed by atoms with van der Waals surface area (Å²) in [6.45, 7) is -3.80. The Balaban J connectivity index is 1.58. The molecule has 0 unspecified atom stereocenters. The van der Waals surface area contributed by atoms with Crippen LogP contribution < -0.4 is 15.4 Å². The number of amides is 2. The van der Waals surface area contributed by atoms with Gasteiger partial charge >= 0.3 is 18.9 Å². The molecule has 3 rings (SSSR count). The van der Waals surface area contributed by atoms with Gasteiger partial charge in [0.25, 0.3) is 5.91 Å². The van der Waals surface area contributed by atoms with Crippen molar-refractivity contribution in [1.29, 1.82) is 0 Å². The number of carbonyl (C=O) groups is 2. The molecule has 0 bridgehead atoms. The van der Waals surface area contributed by atoms with Crippen LogP contribution in [0.5, 0.6) is 5.75 Å². The Morgan fingerprint density at radius 2 is 1.94 bits per heavy atom. The standard InChI is InChI=1S/C20H15ClF5N5O4/c21-14-5-2-6-27-16(14)31-10-13(15(30-31)20(24,25)26)17(32)28-7-8-34-19(33)29-11-3-1-4-12(9-11)35-18(22)23/h1-6,9-10,18H,7-8H2,(H,28,32)(H,29,33). The molecule has 0 fully saturated rings. The van der Waals surface area contributed by atoms with E-state index in [0.29, 0.717) is 0 Å².